The standard InChI is InChI=1S/C32H23N3O2/c1-2-20-16-17-33-30(18-20)35-27-12-6-5-9-23(27)24-15-14-21(19-28(24)35)37-32-26-10-4-3-8-22(26)25-11-7-13-29(36)31(25)34-32/h3-19,36H,2H2,1H3. The van der Waals surface area contributed by atoms with Crippen molar-refractivity contribution < 1.29 is 9.84 Å². The fraction of sp³-hybridized carbons (Fsp3) is 0.0625. The van der Waals surface area contributed by atoms with E-state index in [1.165, 1.54) is 5.56 Å². The lowest BCUT2D eigenvalue weighted by Gasteiger charge is -2.12. The molecule has 5 heteroatoms. The monoisotopic (exact) mass is 481 g/mol. The van der Waals surface area contributed by atoms with Gasteiger partial charge in [0.1, 0.15) is 22.8 Å². The van der Waals surface area contributed by atoms with Crippen LogP contribution >= 0.6 is 0 Å². The highest BCUT2D eigenvalue weighted by Gasteiger charge is 2.16. The SMILES string of the molecule is CCc1ccnc(-n2c3ccccc3c3ccc(Oc4nc5c(O)cccc5c5ccccc45)cc32)c1. The van der Waals surface area contributed by atoms with Crippen molar-refractivity contribution >= 4 is 43.5 Å². The zero-order chi connectivity index (χ0) is 24.9. The molecule has 0 aliphatic rings. The van der Waals surface area contributed by atoms with Crippen LogP contribution < -0.4 is 4.74 Å². The first-order valence-corrected chi connectivity index (χ1v) is 12.4. The molecule has 0 aliphatic carbocycles. The quantitative estimate of drug-likeness (QED) is 0.259. The first kappa shape index (κ1) is 21.4. The highest BCUT2D eigenvalue weighted by atomic mass is 16.5. The minimum atomic E-state index is 0.130. The lowest BCUT2D eigenvalue weighted by molar-refractivity contribution is 0.465. The molecule has 3 heterocycles. The average Bonchev–Trinajstić information content (AvgIpc) is 3.27. The number of nitrogens with zero attached hydrogens (tertiary/aromatic N) is 3. The summed E-state index contributed by atoms with van der Waals surface area (Å²) in [5.41, 5.74) is 3.85. The van der Waals surface area contributed by atoms with Crippen LogP contribution in [0, 0.1) is 0 Å². The van der Waals surface area contributed by atoms with Crippen molar-refractivity contribution in [2.75, 3.05) is 0 Å². The highest BCUT2D eigenvalue weighted by molar-refractivity contribution is 6.10. The largest absolute Gasteiger partial charge is 0.506 e. The van der Waals surface area contributed by atoms with Crippen molar-refractivity contribution in [1.82, 2.24) is 14.5 Å². The topological polar surface area (TPSA) is 60.2 Å². The summed E-state index contributed by atoms with van der Waals surface area (Å²) in [7, 11) is 0. The van der Waals surface area contributed by atoms with Crippen LogP contribution in [0.5, 0.6) is 17.4 Å². The van der Waals surface area contributed by atoms with Crippen molar-refractivity contribution in [2.45, 2.75) is 13.3 Å². The highest BCUT2D eigenvalue weighted by Crippen LogP contribution is 2.38. The van der Waals surface area contributed by atoms with Gasteiger partial charge in [-0.3, -0.25) is 4.57 Å². The number of phenols is 1. The molecule has 1 N–H and O–H groups in total. The van der Waals surface area contributed by atoms with Crippen molar-refractivity contribution in [3.8, 4) is 23.2 Å². The van der Waals surface area contributed by atoms with E-state index in [1.54, 1.807) is 6.07 Å². The third-order valence-corrected chi connectivity index (χ3v) is 6.98. The summed E-state index contributed by atoms with van der Waals surface area (Å²) in [4.78, 5) is 9.44. The van der Waals surface area contributed by atoms with Crippen molar-refractivity contribution in [1.29, 1.82) is 0 Å². The fourth-order valence-electron chi connectivity index (χ4n) is 5.19. The van der Waals surface area contributed by atoms with Crippen LogP contribution in [0.2, 0.25) is 0 Å². The van der Waals surface area contributed by atoms with E-state index in [2.05, 4.69) is 54.0 Å². The van der Waals surface area contributed by atoms with Gasteiger partial charge in [0.15, 0.2) is 0 Å². The fourth-order valence-corrected chi connectivity index (χ4v) is 5.19. The van der Waals surface area contributed by atoms with E-state index in [-0.39, 0.29) is 5.75 Å². The molecule has 37 heavy (non-hydrogen) atoms. The third kappa shape index (κ3) is 3.39. The third-order valence-electron chi connectivity index (χ3n) is 6.98. The zero-order valence-corrected chi connectivity index (χ0v) is 20.2. The average molecular weight is 482 g/mol. The summed E-state index contributed by atoms with van der Waals surface area (Å²) in [6.07, 6.45) is 2.81. The van der Waals surface area contributed by atoms with E-state index < -0.39 is 0 Å². The minimum Gasteiger partial charge on any atom is -0.506 e. The molecule has 0 atom stereocenters. The van der Waals surface area contributed by atoms with Gasteiger partial charge in [-0.2, -0.15) is 0 Å². The molecule has 4 aromatic carbocycles. The number of rotatable bonds is 4. The van der Waals surface area contributed by atoms with Crippen LogP contribution in [0.3, 0.4) is 0 Å². The summed E-state index contributed by atoms with van der Waals surface area (Å²) in [5.74, 6) is 2.13. The summed E-state index contributed by atoms with van der Waals surface area (Å²) in [5, 5.41) is 15.6. The molecule has 0 bridgehead atoms. The Morgan fingerprint density at radius 3 is 2.35 bits per heavy atom. The van der Waals surface area contributed by atoms with Crippen LogP contribution in [-0.4, -0.2) is 19.6 Å². The maximum absolute atomic E-state index is 10.5. The van der Waals surface area contributed by atoms with Crippen LogP contribution in [0.1, 0.15) is 12.5 Å². The molecule has 0 unspecified atom stereocenters. The summed E-state index contributed by atoms with van der Waals surface area (Å²) < 4.78 is 8.63. The molecule has 3 aromatic heterocycles. The number of aromatic nitrogens is 3. The molecule has 7 aromatic rings. The number of phenolic OH excluding ortho intramolecular Hbond substituents is 1. The molecule has 178 valence electrons. The first-order valence-electron chi connectivity index (χ1n) is 12.4. The normalized spacial score (nSPS) is 11.6. The number of hydrogen-bond donors (Lipinski definition) is 1. The van der Waals surface area contributed by atoms with Gasteiger partial charge in [-0.15, -0.1) is 0 Å². The van der Waals surface area contributed by atoms with Gasteiger partial charge in [0, 0.05) is 33.8 Å². The van der Waals surface area contributed by atoms with E-state index in [1.807, 2.05) is 54.7 Å². The smallest absolute Gasteiger partial charge is 0.227 e. The molecule has 0 spiro atoms. The second-order valence-electron chi connectivity index (χ2n) is 9.15. The number of aryl methyl sites for hydroxylation is 1. The molecule has 0 amide bonds. The van der Waals surface area contributed by atoms with Gasteiger partial charge in [-0.25, -0.2) is 9.97 Å². The van der Waals surface area contributed by atoms with Crippen LogP contribution in [-0.2, 0) is 6.42 Å². The summed E-state index contributed by atoms with van der Waals surface area (Å²) >= 11 is 0. The Hall–Kier alpha value is -4.90. The molecule has 0 saturated heterocycles. The molecule has 5 nitrogen and oxygen atoms in total. The van der Waals surface area contributed by atoms with Crippen molar-refractivity contribution in [2.24, 2.45) is 0 Å². The van der Waals surface area contributed by atoms with Gasteiger partial charge in [0.25, 0.3) is 0 Å². The van der Waals surface area contributed by atoms with Crippen LogP contribution in [0.15, 0.2) is 103 Å². The predicted octanol–water partition coefficient (Wildman–Crippen LogP) is 7.94. The maximum Gasteiger partial charge on any atom is 0.227 e. The lowest BCUT2D eigenvalue weighted by atomic mass is 10.1. The molecular weight excluding hydrogens is 458 g/mol. The van der Waals surface area contributed by atoms with Gasteiger partial charge in [0.05, 0.1) is 11.0 Å². The van der Waals surface area contributed by atoms with E-state index >= 15 is 0 Å². The number of para-hydroxylation sites is 2. The van der Waals surface area contributed by atoms with E-state index in [0.29, 0.717) is 17.1 Å². The second kappa shape index (κ2) is 8.35. The summed E-state index contributed by atoms with van der Waals surface area (Å²) in [6, 6.07) is 32.1. The van der Waals surface area contributed by atoms with Gasteiger partial charge in [0.2, 0.25) is 5.88 Å². The van der Waals surface area contributed by atoms with Gasteiger partial charge in [-0.1, -0.05) is 55.5 Å². The first-order chi connectivity index (χ1) is 18.2. The van der Waals surface area contributed by atoms with Crippen molar-refractivity contribution in [3.63, 3.8) is 0 Å². The Labute approximate surface area is 213 Å². The Balaban J connectivity index is 1.45. The van der Waals surface area contributed by atoms with Crippen LogP contribution in [0.4, 0.5) is 0 Å². The Bertz CT molecular complexity index is 1970. The van der Waals surface area contributed by atoms with Gasteiger partial charge < -0.3 is 9.84 Å². The Kier molecular flexibility index (Phi) is 4.83. The molecule has 0 aliphatic heterocycles. The second-order valence-corrected chi connectivity index (χ2v) is 9.15. The number of ether oxygens (including phenoxy) is 1. The Morgan fingerprint density at radius 1 is 0.730 bits per heavy atom. The number of aromatic hydroxyl groups is 1. The van der Waals surface area contributed by atoms with Crippen LogP contribution in [0.25, 0.3) is 49.3 Å². The number of fused-ring (bicyclic) bond motifs is 6. The van der Waals surface area contributed by atoms with E-state index in [9.17, 15) is 5.11 Å². The zero-order valence-electron chi connectivity index (χ0n) is 20.2. The predicted molar refractivity (Wildman–Crippen MR) is 149 cm³/mol. The summed E-state index contributed by atoms with van der Waals surface area (Å²) in [6.45, 7) is 2.15. The van der Waals surface area contributed by atoms with E-state index in [0.717, 1.165) is 50.2 Å². The van der Waals surface area contributed by atoms with Crippen molar-refractivity contribution in [3.05, 3.63) is 109 Å². The molecular formula is C32H23N3O2. The molecule has 0 radical (unpaired) electrons. The molecule has 7 rings (SSSR count). The molecule has 0 saturated carbocycles. The number of pyridine rings is 2. The number of benzene rings is 4. The van der Waals surface area contributed by atoms with E-state index in [4.69, 9.17) is 14.7 Å². The number of hydrogen-bond acceptors (Lipinski definition) is 4. The minimum absolute atomic E-state index is 0.130. The lowest BCUT2D eigenvalue weighted by Crippen LogP contribution is -1.98. The molecule has 0 fully saturated rings. The van der Waals surface area contributed by atoms with Gasteiger partial charge >= 0.3 is 0 Å². The Morgan fingerprint density at radius 2 is 1.49 bits per heavy atom. The van der Waals surface area contributed by atoms with Gasteiger partial charge in [-0.05, 0) is 59.8 Å². The maximum atomic E-state index is 10.5.